The van der Waals surface area contributed by atoms with Gasteiger partial charge in [-0.15, -0.1) is 0 Å². The molecule has 0 unspecified atom stereocenters. The Morgan fingerprint density at radius 1 is 1.15 bits per heavy atom. The maximum atomic E-state index is 12.2. The number of likely N-dealkylation sites (N-methyl/N-ethyl adjacent to an activating group) is 1. The number of benzene rings is 2. The normalized spacial score (nSPS) is 10.8. The van der Waals surface area contributed by atoms with Crippen LogP contribution in [0.2, 0.25) is 5.02 Å². The highest BCUT2D eigenvalue weighted by atomic mass is 35.5. The maximum Gasteiger partial charge on any atom is 0.176 e. The molecule has 0 spiro atoms. The minimum absolute atomic E-state index is 0.144. The number of carbonyl (C=O) groups is 1. The van der Waals surface area contributed by atoms with Crippen LogP contribution >= 0.6 is 11.6 Å². The van der Waals surface area contributed by atoms with Gasteiger partial charge in [0.1, 0.15) is 0 Å². The highest BCUT2D eigenvalue weighted by Crippen LogP contribution is 2.11. The highest BCUT2D eigenvalue weighted by Gasteiger charge is 2.09. The maximum absolute atomic E-state index is 12.2. The van der Waals surface area contributed by atoms with Crippen molar-refractivity contribution < 1.29 is 4.79 Å². The van der Waals surface area contributed by atoms with Crippen LogP contribution in [0.3, 0.4) is 0 Å². The van der Waals surface area contributed by atoms with Crippen molar-refractivity contribution in [3.63, 3.8) is 0 Å². The summed E-state index contributed by atoms with van der Waals surface area (Å²) in [6, 6.07) is 15.4. The highest BCUT2D eigenvalue weighted by molar-refractivity contribution is 6.30. The molecule has 0 aliphatic carbocycles. The van der Waals surface area contributed by atoms with Crippen molar-refractivity contribution in [3.8, 4) is 0 Å². The van der Waals surface area contributed by atoms with E-state index in [4.69, 9.17) is 11.6 Å². The van der Waals surface area contributed by atoms with E-state index in [0.29, 0.717) is 6.54 Å². The molecule has 0 aromatic heterocycles. The van der Waals surface area contributed by atoms with Gasteiger partial charge in [0.25, 0.3) is 0 Å². The molecule has 2 aromatic carbocycles. The zero-order chi connectivity index (χ0) is 14.5. The van der Waals surface area contributed by atoms with E-state index in [1.165, 1.54) is 0 Å². The molecule has 0 aliphatic heterocycles. The minimum Gasteiger partial charge on any atom is -0.295 e. The Hall–Kier alpha value is -1.64. The number of Topliss-reactive ketones (excluding diaryl/α,β-unsaturated/α-hetero) is 1. The third kappa shape index (κ3) is 4.19. The average molecular weight is 288 g/mol. The molecule has 3 heteroatoms. The van der Waals surface area contributed by atoms with Crippen molar-refractivity contribution in [3.05, 3.63) is 70.2 Å². The molecule has 0 atom stereocenters. The first-order valence-electron chi connectivity index (χ1n) is 6.57. The Morgan fingerprint density at radius 2 is 1.85 bits per heavy atom. The molecule has 0 bridgehead atoms. The standard InChI is InChI=1S/C17H18ClNO/c1-13-4-3-5-15(10-13)17(20)12-19(2)11-14-6-8-16(18)9-7-14/h3-10H,11-12H2,1-2H3. The molecule has 0 amide bonds. The van der Waals surface area contributed by atoms with Crippen LogP contribution in [0.15, 0.2) is 48.5 Å². The third-order valence-corrected chi connectivity index (χ3v) is 3.37. The van der Waals surface area contributed by atoms with Crippen LogP contribution < -0.4 is 0 Å². The molecule has 0 N–H and O–H groups in total. The van der Waals surface area contributed by atoms with Crippen molar-refractivity contribution in [1.82, 2.24) is 4.90 Å². The van der Waals surface area contributed by atoms with E-state index >= 15 is 0 Å². The molecule has 0 saturated heterocycles. The van der Waals surface area contributed by atoms with E-state index in [-0.39, 0.29) is 5.78 Å². The van der Waals surface area contributed by atoms with Crippen molar-refractivity contribution >= 4 is 17.4 Å². The van der Waals surface area contributed by atoms with Gasteiger partial charge in [0.15, 0.2) is 5.78 Å². The topological polar surface area (TPSA) is 20.3 Å². The molecule has 2 nitrogen and oxygen atoms in total. The fourth-order valence-electron chi connectivity index (χ4n) is 2.11. The molecule has 0 saturated carbocycles. The number of hydrogen-bond donors (Lipinski definition) is 0. The van der Waals surface area contributed by atoms with Gasteiger partial charge in [-0.2, -0.15) is 0 Å². The first-order chi connectivity index (χ1) is 9.54. The van der Waals surface area contributed by atoms with E-state index in [1.807, 2.05) is 67.4 Å². The van der Waals surface area contributed by atoms with E-state index in [9.17, 15) is 4.79 Å². The molecule has 0 heterocycles. The number of nitrogens with zero attached hydrogens (tertiary/aromatic N) is 1. The number of halogens is 1. The van der Waals surface area contributed by atoms with Gasteiger partial charge in [-0.3, -0.25) is 9.69 Å². The van der Waals surface area contributed by atoms with Crippen LogP contribution in [0.4, 0.5) is 0 Å². The Morgan fingerprint density at radius 3 is 2.50 bits per heavy atom. The fourth-order valence-corrected chi connectivity index (χ4v) is 2.24. The molecular weight excluding hydrogens is 270 g/mol. The third-order valence-electron chi connectivity index (χ3n) is 3.12. The monoisotopic (exact) mass is 287 g/mol. The molecule has 0 fully saturated rings. The molecule has 2 aromatic rings. The second-order valence-electron chi connectivity index (χ2n) is 5.09. The second-order valence-corrected chi connectivity index (χ2v) is 5.53. The van der Waals surface area contributed by atoms with Gasteiger partial charge in [-0.05, 0) is 37.7 Å². The molecule has 2 rings (SSSR count). The van der Waals surface area contributed by atoms with Crippen LogP contribution in [0.25, 0.3) is 0 Å². The summed E-state index contributed by atoms with van der Waals surface area (Å²) in [5, 5.41) is 0.729. The Kier molecular flexibility index (Phi) is 4.94. The summed E-state index contributed by atoms with van der Waals surface area (Å²) in [6.07, 6.45) is 0. The average Bonchev–Trinajstić information content (AvgIpc) is 2.41. The van der Waals surface area contributed by atoms with Crippen LogP contribution in [-0.2, 0) is 6.54 Å². The summed E-state index contributed by atoms with van der Waals surface area (Å²) >= 11 is 5.86. The van der Waals surface area contributed by atoms with Crippen LogP contribution in [0.1, 0.15) is 21.5 Å². The summed E-state index contributed by atoms with van der Waals surface area (Å²) in [6.45, 7) is 3.13. The van der Waals surface area contributed by atoms with Gasteiger partial charge in [-0.25, -0.2) is 0 Å². The lowest BCUT2D eigenvalue weighted by Gasteiger charge is -2.16. The lowest BCUT2D eigenvalue weighted by molar-refractivity contribution is 0.0943. The van der Waals surface area contributed by atoms with E-state index < -0.39 is 0 Å². The summed E-state index contributed by atoms with van der Waals surface area (Å²) in [5.41, 5.74) is 3.03. The first-order valence-corrected chi connectivity index (χ1v) is 6.95. The van der Waals surface area contributed by atoms with Crippen molar-refractivity contribution in [1.29, 1.82) is 0 Å². The van der Waals surface area contributed by atoms with Gasteiger partial charge in [0, 0.05) is 17.1 Å². The molecule has 104 valence electrons. The zero-order valence-electron chi connectivity index (χ0n) is 11.8. The number of hydrogen-bond acceptors (Lipinski definition) is 2. The number of ketones is 1. The number of aryl methyl sites for hydroxylation is 1. The van der Waals surface area contributed by atoms with Crippen molar-refractivity contribution in [2.24, 2.45) is 0 Å². The largest absolute Gasteiger partial charge is 0.295 e. The van der Waals surface area contributed by atoms with Gasteiger partial charge in [0.05, 0.1) is 6.54 Å². The lowest BCUT2D eigenvalue weighted by atomic mass is 10.1. The van der Waals surface area contributed by atoms with Crippen LogP contribution in [0.5, 0.6) is 0 Å². The number of carbonyl (C=O) groups excluding carboxylic acids is 1. The van der Waals surface area contributed by atoms with E-state index in [2.05, 4.69) is 0 Å². The Labute approximate surface area is 125 Å². The Balaban J connectivity index is 1.95. The van der Waals surface area contributed by atoms with Gasteiger partial charge >= 0.3 is 0 Å². The van der Waals surface area contributed by atoms with Gasteiger partial charge in [-0.1, -0.05) is 47.5 Å². The predicted octanol–water partition coefficient (Wildman–Crippen LogP) is 3.96. The van der Waals surface area contributed by atoms with Crippen LogP contribution in [0, 0.1) is 6.92 Å². The summed E-state index contributed by atoms with van der Waals surface area (Å²) in [7, 11) is 1.95. The second kappa shape index (κ2) is 6.69. The van der Waals surface area contributed by atoms with Gasteiger partial charge < -0.3 is 0 Å². The zero-order valence-corrected chi connectivity index (χ0v) is 12.5. The number of rotatable bonds is 5. The lowest BCUT2D eigenvalue weighted by Crippen LogP contribution is -2.25. The summed E-state index contributed by atoms with van der Waals surface area (Å²) in [4.78, 5) is 14.2. The minimum atomic E-state index is 0.144. The molecule has 20 heavy (non-hydrogen) atoms. The van der Waals surface area contributed by atoms with E-state index in [0.717, 1.165) is 28.3 Å². The molecule has 0 aliphatic rings. The molecular formula is C17H18ClNO. The van der Waals surface area contributed by atoms with Crippen molar-refractivity contribution in [2.45, 2.75) is 13.5 Å². The fraction of sp³-hybridized carbons (Fsp3) is 0.235. The predicted molar refractivity (Wildman–Crippen MR) is 83.3 cm³/mol. The van der Waals surface area contributed by atoms with Crippen LogP contribution in [-0.4, -0.2) is 24.3 Å². The van der Waals surface area contributed by atoms with E-state index in [1.54, 1.807) is 0 Å². The summed E-state index contributed by atoms with van der Waals surface area (Å²) in [5.74, 6) is 0.144. The molecule has 0 radical (unpaired) electrons. The van der Waals surface area contributed by atoms with Gasteiger partial charge in [0.2, 0.25) is 0 Å². The van der Waals surface area contributed by atoms with Crippen molar-refractivity contribution in [2.75, 3.05) is 13.6 Å². The SMILES string of the molecule is Cc1cccc(C(=O)CN(C)Cc2ccc(Cl)cc2)c1. The Bertz CT molecular complexity index is 592. The quantitative estimate of drug-likeness (QED) is 0.776. The smallest absolute Gasteiger partial charge is 0.176 e. The first kappa shape index (κ1) is 14.8. The summed E-state index contributed by atoms with van der Waals surface area (Å²) < 4.78 is 0.